The number of methoxy groups -OCH3 is 1. The molecule has 2 unspecified atom stereocenters. The van der Waals surface area contributed by atoms with E-state index in [1.165, 1.54) is 5.57 Å². The van der Waals surface area contributed by atoms with Gasteiger partial charge in [0.2, 0.25) is 0 Å². The molecule has 0 spiro atoms. The zero-order valence-corrected chi connectivity index (χ0v) is 11.7. The van der Waals surface area contributed by atoms with Crippen LogP contribution in [-0.2, 0) is 4.74 Å². The highest BCUT2D eigenvalue weighted by Gasteiger charge is 2.23. The van der Waals surface area contributed by atoms with Gasteiger partial charge >= 0.3 is 0 Å². The predicted octanol–water partition coefficient (Wildman–Crippen LogP) is 3.38. The molecule has 0 amide bonds. The molecule has 2 atom stereocenters. The summed E-state index contributed by atoms with van der Waals surface area (Å²) in [5.41, 5.74) is 1.25. The first-order chi connectivity index (χ1) is 7.52. The zero-order valence-electron chi connectivity index (χ0n) is 11.7. The summed E-state index contributed by atoms with van der Waals surface area (Å²) in [7, 11) is 1.81. The Morgan fingerprint density at radius 1 is 1.38 bits per heavy atom. The van der Waals surface area contributed by atoms with Gasteiger partial charge in [0.05, 0.1) is 6.10 Å². The topological polar surface area (TPSA) is 21.3 Å². The van der Waals surface area contributed by atoms with Crippen molar-refractivity contribution in [2.75, 3.05) is 13.7 Å². The van der Waals surface area contributed by atoms with Gasteiger partial charge in [-0.15, -0.1) is 6.58 Å². The van der Waals surface area contributed by atoms with Crippen LogP contribution in [0.2, 0.25) is 0 Å². The molecule has 2 heteroatoms. The minimum atomic E-state index is 0.297. The van der Waals surface area contributed by atoms with Crippen molar-refractivity contribution in [3.05, 3.63) is 12.2 Å². The van der Waals surface area contributed by atoms with Crippen LogP contribution >= 0.6 is 0 Å². The quantitative estimate of drug-likeness (QED) is 0.610. The van der Waals surface area contributed by atoms with E-state index >= 15 is 0 Å². The van der Waals surface area contributed by atoms with Gasteiger partial charge in [0.15, 0.2) is 0 Å². The molecule has 0 aliphatic heterocycles. The van der Waals surface area contributed by atoms with E-state index in [1.807, 2.05) is 7.11 Å². The van der Waals surface area contributed by atoms with Gasteiger partial charge in [0.1, 0.15) is 0 Å². The summed E-state index contributed by atoms with van der Waals surface area (Å²) in [5.74, 6) is 0.546. The van der Waals surface area contributed by atoms with Crippen molar-refractivity contribution in [3.63, 3.8) is 0 Å². The lowest BCUT2D eigenvalue weighted by molar-refractivity contribution is 0.0308. The normalized spacial score (nSPS) is 15.1. The second kappa shape index (κ2) is 8.77. The highest BCUT2D eigenvalue weighted by Crippen LogP contribution is 2.16. The first-order valence-electron chi connectivity index (χ1n) is 6.43. The fraction of sp³-hybridized carbons (Fsp3) is 0.857. The van der Waals surface area contributed by atoms with E-state index in [4.69, 9.17) is 4.74 Å². The molecule has 16 heavy (non-hydrogen) atoms. The Hall–Kier alpha value is -0.340. The summed E-state index contributed by atoms with van der Waals surface area (Å²) in [6, 6.07) is 0.446. The van der Waals surface area contributed by atoms with Crippen molar-refractivity contribution >= 4 is 0 Å². The van der Waals surface area contributed by atoms with Crippen LogP contribution in [0.1, 0.15) is 47.0 Å². The average molecular weight is 227 g/mol. The predicted molar refractivity (Wildman–Crippen MR) is 71.8 cm³/mol. The minimum Gasteiger partial charge on any atom is -0.380 e. The summed E-state index contributed by atoms with van der Waals surface area (Å²) >= 11 is 0. The maximum atomic E-state index is 5.61. The third-order valence-corrected chi connectivity index (χ3v) is 2.86. The van der Waals surface area contributed by atoms with E-state index in [9.17, 15) is 0 Å². The molecule has 0 saturated heterocycles. The van der Waals surface area contributed by atoms with Crippen molar-refractivity contribution in [2.45, 2.75) is 59.1 Å². The van der Waals surface area contributed by atoms with E-state index in [-0.39, 0.29) is 0 Å². The van der Waals surface area contributed by atoms with Crippen LogP contribution in [0.4, 0.5) is 0 Å². The number of hydrogen-bond acceptors (Lipinski definition) is 2. The summed E-state index contributed by atoms with van der Waals surface area (Å²) in [6.45, 7) is 13.8. The number of hydrogen-bond donors (Lipinski definition) is 1. The van der Waals surface area contributed by atoms with Crippen molar-refractivity contribution in [3.8, 4) is 0 Å². The number of rotatable bonds is 9. The first-order valence-corrected chi connectivity index (χ1v) is 6.43. The van der Waals surface area contributed by atoms with Crippen molar-refractivity contribution in [2.24, 2.45) is 5.92 Å². The molecule has 0 radical (unpaired) electrons. The Balaban J connectivity index is 4.30. The van der Waals surface area contributed by atoms with Gasteiger partial charge in [-0.3, -0.25) is 0 Å². The van der Waals surface area contributed by atoms with Crippen LogP contribution in [0, 0.1) is 5.92 Å². The number of allylic oxidation sites excluding steroid dienone is 1. The summed E-state index contributed by atoms with van der Waals surface area (Å²) in [5, 5.41) is 3.59. The molecule has 0 aromatic heterocycles. The second-order valence-corrected chi connectivity index (χ2v) is 5.00. The fourth-order valence-corrected chi connectivity index (χ4v) is 2.02. The number of nitrogens with one attached hydrogen (secondary N) is 1. The van der Waals surface area contributed by atoms with Crippen molar-refractivity contribution in [1.29, 1.82) is 0 Å². The highest BCUT2D eigenvalue weighted by atomic mass is 16.5. The summed E-state index contributed by atoms with van der Waals surface area (Å²) in [6.07, 6.45) is 3.66. The zero-order chi connectivity index (χ0) is 12.6. The molecule has 96 valence electrons. The third-order valence-electron chi connectivity index (χ3n) is 2.86. The lowest BCUT2D eigenvalue weighted by Gasteiger charge is -2.30. The van der Waals surface area contributed by atoms with Crippen LogP contribution in [0.3, 0.4) is 0 Å². The van der Waals surface area contributed by atoms with E-state index < -0.39 is 0 Å². The molecule has 0 heterocycles. The molecular formula is C14H29NO. The SMILES string of the molecule is C=C(C)CCC(NCCC)C(OC)C(C)C. The molecule has 0 rings (SSSR count). The van der Waals surface area contributed by atoms with E-state index in [0.29, 0.717) is 18.1 Å². The monoisotopic (exact) mass is 227 g/mol. The summed E-state index contributed by atoms with van der Waals surface area (Å²) < 4.78 is 5.61. The molecule has 0 aliphatic rings. The van der Waals surface area contributed by atoms with Crippen LogP contribution in [0.15, 0.2) is 12.2 Å². The fourth-order valence-electron chi connectivity index (χ4n) is 2.02. The molecule has 2 nitrogen and oxygen atoms in total. The molecule has 0 aromatic rings. The number of ether oxygens (including phenoxy) is 1. The van der Waals surface area contributed by atoms with Crippen LogP contribution in [-0.4, -0.2) is 25.8 Å². The van der Waals surface area contributed by atoms with Crippen molar-refractivity contribution in [1.82, 2.24) is 5.32 Å². The van der Waals surface area contributed by atoms with Gasteiger partial charge in [-0.2, -0.15) is 0 Å². The van der Waals surface area contributed by atoms with Gasteiger partial charge in [-0.25, -0.2) is 0 Å². The van der Waals surface area contributed by atoms with Gasteiger partial charge in [-0.1, -0.05) is 26.3 Å². The van der Waals surface area contributed by atoms with Gasteiger partial charge < -0.3 is 10.1 Å². The van der Waals surface area contributed by atoms with Crippen LogP contribution in [0.25, 0.3) is 0 Å². The molecule has 0 aliphatic carbocycles. The lowest BCUT2D eigenvalue weighted by Crippen LogP contribution is -2.44. The van der Waals surface area contributed by atoms with Gasteiger partial charge in [0.25, 0.3) is 0 Å². The molecule has 0 fully saturated rings. The molecule has 0 bridgehead atoms. The Morgan fingerprint density at radius 2 is 2.00 bits per heavy atom. The third kappa shape index (κ3) is 6.29. The molecule has 0 aromatic carbocycles. The Morgan fingerprint density at radius 3 is 2.38 bits per heavy atom. The van der Waals surface area contributed by atoms with E-state index in [0.717, 1.165) is 25.8 Å². The minimum absolute atomic E-state index is 0.297. The first kappa shape index (κ1) is 15.7. The van der Waals surface area contributed by atoms with Crippen LogP contribution < -0.4 is 5.32 Å². The second-order valence-electron chi connectivity index (χ2n) is 5.00. The Labute approximate surface area is 101 Å². The molecule has 0 saturated carbocycles. The van der Waals surface area contributed by atoms with Crippen molar-refractivity contribution < 1.29 is 4.74 Å². The smallest absolute Gasteiger partial charge is 0.0747 e. The van der Waals surface area contributed by atoms with Gasteiger partial charge in [-0.05, 0) is 38.6 Å². The highest BCUT2D eigenvalue weighted by molar-refractivity contribution is 4.91. The van der Waals surface area contributed by atoms with E-state index in [2.05, 4.69) is 39.6 Å². The summed E-state index contributed by atoms with van der Waals surface area (Å²) in [4.78, 5) is 0. The van der Waals surface area contributed by atoms with Crippen LogP contribution in [0.5, 0.6) is 0 Å². The Kier molecular flexibility index (Phi) is 8.58. The maximum absolute atomic E-state index is 5.61. The maximum Gasteiger partial charge on any atom is 0.0747 e. The van der Waals surface area contributed by atoms with E-state index in [1.54, 1.807) is 0 Å². The molecular weight excluding hydrogens is 198 g/mol. The largest absolute Gasteiger partial charge is 0.380 e. The average Bonchev–Trinajstić information content (AvgIpc) is 2.21. The molecule has 1 N–H and O–H groups in total. The Bertz CT molecular complexity index is 189. The lowest BCUT2D eigenvalue weighted by atomic mass is 9.94. The van der Waals surface area contributed by atoms with Gasteiger partial charge in [0, 0.05) is 13.2 Å². The standard InChI is InChI=1S/C14H29NO/c1-7-10-15-13(9-8-11(2)3)14(16-6)12(4)5/h12-15H,2,7-10H2,1,3-6H3.